The monoisotopic (exact) mass is 288 g/mol. The van der Waals surface area contributed by atoms with Crippen molar-refractivity contribution in [3.63, 3.8) is 0 Å². The third-order valence-corrected chi connectivity index (χ3v) is 3.48. The number of nitrogens with zero attached hydrogens (tertiary/aromatic N) is 1. The molecule has 0 atom stereocenters. The first kappa shape index (κ1) is 12.7. The molecule has 20 heavy (non-hydrogen) atoms. The highest BCUT2D eigenvalue weighted by Crippen LogP contribution is 2.29. The summed E-state index contributed by atoms with van der Waals surface area (Å²) in [6.07, 6.45) is 1.59. The lowest BCUT2D eigenvalue weighted by atomic mass is 10.2. The molecule has 6 heteroatoms. The van der Waals surface area contributed by atoms with E-state index in [1.165, 1.54) is 12.1 Å². The molecule has 0 bridgehead atoms. The maximum atomic E-state index is 12.9. The molecule has 0 radical (unpaired) electrons. The number of hydrogen-bond donors (Lipinski definition) is 1. The summed E-state index contributed by atoms with van der Waals surface area (Å²) in [5.41, 5.74) is 6.23. The van der Waals surface area contributed by atoms with Gasteiger partial charge in [0.15, 0.2) is 5.17 Å². The number of hydrogen-bond acceptors (Lipinski definition) is 4. The van der Waals surface area contributed by atoms with Gasteiger partial charge in [-0.15, -0.1) is 0 Å². The summed E-state index contributed by atoms with van der Waals surface area (Å²) in [5, 5.41) is 0.228. The number of halogens is 1. The van der Waals surface area contributed by atoms with Crippen LogP contribution in [0, 0.1) is 5.82 Å². The molecule has 1 aromatic heterocycles. The lowest BCUT2D eigenvalue weighted by molar-refractivity contribution is -0.113. The van der Waals surface area contributed by atoms with E-state index in [-0.39, 0.29) is 16.9 Å². The Morgan fingerprint density at radius 2 is 1.95 bits per heavy atom. The Balaban J connectivity index is 1.86. The van der Waals surface area contributed by atoms with E-state index in [9.17, 15) is 9.18 Å². The maximum Gasteiger partial charge on any atom is 0.286 e. The fraction of sp³-hybridized carbons (Fsp3) is 0. The van der Waals surface area contributed by atoms with Gasteiger partial charge in [-0.05, 0) is 48.2 Å². The minimum Gasteiger partial charge on any atom is -0.457 e. The average Bonchev–Trinajstić information content (AvgIpc) is 2.98. The van der Waals surface area contributed by atoms with Gasteiger partial charge in [-0.2, -0.15) is 4.99 Å². The number of aliphatic imine (C=N–C) groups is 1. The molecule has 100 valence electrons. The van der Waals surface area contributed by atoms with Crippen molar-refractivity contribution in [2.45, 2.75) is 0 Å². The molecular formula is C14H9FN2O2S. The molecule has 0 unspecified atom stereocenters. The van der Waals surface area contributed by atoms with E-state index in [4.69, 9.17) is 10.2 Å². The molecule has 0 saturated heterocycles. The van der Waals surface area contributed by atoms with Crippen molar-refractivity contribution < 1.29 is 13.6 Å². The molecule has 2 N–H and O–H groups in total. The number of rotatable bonds is 2. The van der Waals surface area contributed by atoms with Crippen molar-refractivity contribution in [1.82, 2.24) is 0 Å². The first-order valence-corrected chi connectivity index (χ1v) is 6.57. The molecular weight excluding hydrogens is 279 g/mol. The van der Waals surface area contributed by atoms with Crippen LogP contribution in [0.3, 0.4) is 0 Å². The summed E-state index contributed by atoms with van der Waals surface area (Å²) in [7, 11) is 0. The number of amidine groups is 1. The summed E-state index contributed by atoms with van der Waals surface area (Å²) >= 11 is 1.11. The third kappa shape index (κ3) is 2.50. The average molecular weight is 288 g/mol. The molecule has 0 saturated carbocycles. The fourth-order valence-electron chi connectivity index (χ4n) is 1.75. The zero-order chi connectivity index (χ0) is 14.1. The Hall–Kier alpha value is -2.34. The van der Waals surface area contributed by atoms with E-state index in [1.54, 1.807) is 30.3 Å². The second-order valence-corrected chi connectivity index (χ2v) is 5.14. The molecule has 0 spiro atoms. The zero-order valence-corrected chi connectivity index (χ0v) is 11.0. The van der Waals surface area contributed by atoms with Crippen LogP contribution >= 0.6 is 11.8 Å². The molecule has 3 rings (SSSR count). The molecule has 2 heterocycles. The number of amides is 1. The van der Waals surface area contributed by atoms with Crippen LogP contribution in [0.2, 0.25) is 0 Å². The lowest BCUT2D eigenvalue weighted by Crippen LogP contribution is -2.01. The van der Waals surface area contributed by atoms with E-state index in [2.05, 4.69) is 4.99 Å². The van der Waals surface area contributed by atoms with Gasteiger partial charge < -0.3 is 10.2 Å². The summed E-state index contributed by atoms with van der Waals surface area (Å²) in [6.45, 7) is 0. The largest absolute Gasteiger partial charge is 0.457 e. The van der Waals surface area contributed by atoms with Crippen LogP contribution in [0.25, 0.3) is 17.4 Å². The van der Waals surface area contributed by atoms with Gasteiger partial charge in [-0.1, -0.05) is 0 Å². The first-order chi connectivity index (χ1) is 9.61. The minimum atomic E-state index is -0.368. The Bertz CT molecular complexity index is 732. The van der Waals surface area contributed by atoms with Crippen LogP contribution in [0.4, 0.5) is 4.39 Å². The van der Waals surface area contributed by atoms with E-state index in [1.807, 2.05) is 0 Å². The van der Waals surface area contributed by atoms with Crippen LogP contribution < -0.4 is 5.73 Å². The normalized spacial score (nSPS) is 16.8. The number of carbonyl (C=O) groups excluding carboxylic acids is 1. The zero-order valence-electron chi connectivity index (χ0n) is 10.2. The van der Waals surface area contributed by atoms with Gasteiger partial charge in [-0.25, -0.2) is 4.39 Å². The summed E-state index contributed by atoms with van der Waals surface area (Å²) < 4.78 is 18.5. The fourth-order valence-corrected chi connectivity index (χ4v) is 2.42. The number of nitrogens with two attached hydrogens (primary N) is 1. The van der Waals surface area contributed by atoms with Crippen LogP contribution in [-0.2, 0) is 4.79 Å². The van der Waals surface area contributed by atoms with Crippen LogP contribution in [0.5, 0.6) is 0 Å². The van der Waals surface area contributed by atoms with E-state index >= 15 is 0 Å². The number of carbonyl (C=O) groups is 1. The molecule has 0 fully saturated rings. The predicted molar refractivity (Wildman–Crippen MR) is 76.3 cm³/mol. The van der Waals surface area contributed by atoms with Gasteiger partial charge in [0, 0.05) is 11.6 Å². The molecule has 1 aliphatic rings. The van der Waals surface area contributed by atoms with E-state index in [0.29, 0.717) is 16.4 Å². The lowest BCUT2D eigenvalue weighted by Gasteiger charge is -1.96. The number of thioether (sulfide) groups is 1. The van der Waals surface area contributed by atoms with Crippen LogP contribution in [0.15, 0.2) is 50.7 Å². The van der Waals surface area contributed by atoms with E-state index in [0.717, 1.165) is 17.3 Å². The molecule has 2 aromatic rings. The minimum absolute atomic E-state index is 0.228. The highest BCUT2D eigenvalue weighted by molar-refractivity contribution is 8.18. The number of furan rings is 1. The second kappa shape index (κ2) is 4.97. The van der Waals surface area contributed by atoms with Gasteiger partial charge in [0.25, 0.3) is 5.91 Å². The van der Waals surface area contributed by atoms with Gasteiger partial charge in [0.05, 0.1) is 4.91 Å². The standard InChI is InChI=1S/C14H9FN2O2S/c15-9-3-1-8(2-4-9)11-6-5-10(19-11)7-12-13(18)17-14(16)20-12/h1-7H,(H2,16,17,18)/b12-7-. The number of benzene rings is 1. The summed E-state index contributed by atoms with van der Waals surface area (Å²) in [5.74, 6) is 0.446. The Morgan fingerprint density at radius 3 is 2.60 bits per heavy atom. The van der Waals surface area contributed by atoms with Gasteiger partial charge in [0.1, 0.15) is 17.3 Å². The van der Waals surface area contributed by atoms with Gasteiger partial charge in [-0.3, -0.25) is 4.79 Å². The molecule has 1 amide bonds. The van der Waals surface area contributed by atoms with Crippen molar-refractivity contribution in [2.75, 3.05) is 0 Å². The highest BCUT2D eigenvalue weighted by atomic mass is 32.2. The Labute approximate surface area is 118 Å². The SMILES string of the molecule is NC1=NC(=O)/C(=C/c2ccc(-c3ccc(F)cc3)o2)S1. The molecule has 4 nitrogen and oxygen atoms in total. The molecule has 0 aliphatic carbocycles. The smallest absolute Gasteiger partial charge is 0.286 e. The van der Waals surface area contributed by atoms with Crippen molar-refractivity contribution in [2.24, 2.45) is 10.7 Å². The van der Waals surface area contributed by atoms with Crippen molar-refractivity contribution >= 4 is 28.9 Å². The van der Waals surface area contributed by atoms with E-state index < -0.39 is 0 Å². The molecule has 1 aromatic carbocycles. The predicted octanol–water partition coefficient (Wildman–Crippen LogP) is 3.01. The quantitative estimate of drug-likeness (QED) is 0.862. The van der Waals surface area contributed by atoms with Gasteiger partial charge >= 0.3 is 0 Å². The van der Waals surface area contributed by atoms with Crippen molar-refractivity contribution in [3.05, 3.63) is 52.9 Å². The highest BCUT2D eigenvalue weighted by Gasteiger charge is 2.20. The van der Waals surface area contributed by atoms with Crippen molar-refractivity contribution in [1.29, 1.82) is 0 Å². The third-order valence-electron chi connectivity index (χ3n) is 2.67. The summed E-state index contributed by atoms with van der Waals surface area (Å²) in [4.78, 5) is 15.5. The maximum absolute atomic E-state index is 12.9. The van der Waals surface area contributed by atoms with Crippen LogP contribution in [0.1, 0.15) is 5.76 Å². The first-order valence-electron chi connectivity index (χ1n) is 5.75. The topological polar surface area (TPSA) is 68.6 Å². The Kier molecular flexibility index (Phi) is 3.15. The van der Waals surface area contributed by atoms with Gasteiger partial charge in [0.2, 0.25) is 0 Å². The van der Waals surface area contributed by atoms with Crippen LogP contribution in [-0.4, -0.2) is 11.1 Å². The van der Waals surface area contributed by atoms with Crippen molar-refractivity contribution in [3.8, 4) is 11.3 Å². The Morgan fingerprint density at radius 1 is 1.20 bits per heavy atom. The second-order valence-electron chi connectivity index (χ2n) is 4.07. The summed E-state index contributed by atoms with van der Waals surface area (Å²) in [6, 6.07) is 9.47. The molecule has 1 aliphatic heterocycles.